The van der Waals surface area contributed by atoms with Crippen molar-refractivity contribution in [1.29, 1.82) is 0 Å². The van der Waals surface area contributed by atoms with Gasteiger partial charge in [-0.3, -0.25) is 4.79 Å². The number of esters is 1. The summed E-state index contributed by atoms with van der Waals surface area (Å²) in [5.74, 6) is -0.855. The molecule has 2 rings (SSSR count). The van der Waals surface area contributed by atoms with Gasteiger partial charge >= 0.3 is 5.97 Å². The summed E-state index contributed by atoms with van der Waals surface area (Å²) >= 11 is 0. The lowest BCUT2D eigenvalue weighted by atomic mass is 10.1. The van der Waals surface area contributed by atoms with Gasteiger partial charge < -0.3 is 10.1 Å². The standard InChI is InChI=1S/C17H17NO3/c1-11-7-6-10-15(12(11)2)18-16(19)13-8-4-5-9-14(13)17(20)21-3/h4-10H,1-3H3,(H,18,19). The number of nitrogens with one attached hydrogen (secondary N) is 1. The molecule has 0 aliphatic carbocycles. The van der Waals surface area contributed by atoms with Crippen LogP contribution in [0.4, 0.5) is 5.69 Å². The maximum Gasteiger partial charge on any atom is 0.338 e. The molecule has 0 spiro atoms. The molecular formula is C17H17NO3. The molecule has 21 heavy (non-hydrogen) atoms. The highest BCUT2D eigenvalue weighted by Gasteiger charge is 2.17. The molecule has 1 amide bonds. The Labute approximate surface area is 123 Å². The smallest absolute Gasteiger partial charge is 0.338 e. The molecule has 2 aromatic rings. The maximum absolute atomic E-state index is 12.4. The van der Waals surface area contributed by atoms with Crippen molar-refractivity contribution in [2.45, 2.75) is 13.8 Å². The summed E-state index contributed by atoms with van der Waals surface area (Å²) in [4.78, 5) is 24.1. The molecule has 0 unspecified atom stereocenters. The first-order valence-electron chi connectivity index (χ1n) is 6.59. The van der Waals surface area contributed by atoms with Crippen LogP contribution in [0, 0.1) is 13.8 Å². The fraction of sp³-hybridized carbons (Fsp3) is 0.176. The van der Waals surface area contributed by atoms with Crippen molar-refractivity contribution in [2.24, 2.45) is 0 Å². The molecule has 0 saturated carbocycles. The number of carbonyl (C=O) groups excluding carboxylic acids is 2. The molecule has 0 aliphatic heterocycles. The maximum atomic E-state index is 12.4. The van der Waals surface area contributed by atoms with Crippen molar-refractivity contribution >= 4 is 17.6 Å². The van der Waals surface area contributed by atoms with Crippen LogP contribution in [0.25, 0.3) is 0 Å². The van der Waals surface area contributed by atoms with E-state index in [1.165, 1.54) is 7.11 Å². The van der Waals surface area contributed by atoms with E-state index in [1.807, 2.05) is 32.0 Å². The van der Waals surface area contributed by atoms with Crippen LogP contribution in [0.1, 0.15) is 31.8 Å². The Kier molecular flexibility index (Phi) is 4.38. The van der Waals surface area contributed by atoms with Crippen molar-refractivity contribution < 1.29 is 14.3 Å². The molecule has 0 fully saturated rings. The summed E-state index contributed by atoms with van der Waals surface area (Å²) in [5.41, 5.74) is 3.38. The normalized spacial score (nSPS) is 10.0. The number of aryl methyl sites for hydroxylation is 1. The first-order chi connectivity index (χ1) is 10.0. The Morgan fingerprint density at radius 3 is 2.29 bits per heavy atom. The molecular weight excluding hydrogens is 266 g/mol. The monoisotopic (exact) mass is 283 g/mol. The zero-order valence-corrected chi connectivity index (χ0v) is 12.3. The lowest BCUT2D eigenvalue weighted by Gasteiger charge is -2.12. The van der Waals surface area contributed by atoms with Gasteiger partial charge in [0.1, 0.15) is 0 Å². The number of anilines is 1. The molecule has 0 aromatic heterocycles. The van der Waals surface area contributed by atoms with E-state index in [0.717, 1.165) is 16.8 Å². The number of amides is 1. The third-order valence-electron chi connectivity index (χ3n) is 3.43. The Morgan fingerprint density at radius 2 is 1.62 bits per heavy atom. The Bertz CT molecular complexity index is 692. The summed E-state index contributed by atoms with van der Waals surface area (Å²) in [5, 5.41) is 2.84. The van der Waals surface area contributed by atoms with Crippen molar-refractivity contribution in [3.05, 3.63) is 64.7 Å². The van der Waals surface area contributed by atoms with Crippen molar-refractivity contribution in [1.82, 2.24) is 0 Å². The highest BCUT2D eigenvalue weighted by molar-refractivity contribution is 6.11. The molecule has 4 heteroatoms. The van der Waals surface area contributed by atoms with E-state index >= 15 is 0 Å². The Balaban J connectivity index is 2.33. The van der Waals surface area contributed by atoms with Gasteiger partial charge in [0.15, 0.2) is 0 Å². The molecule has 0 aliphatic rings. The van der Waals surface area contributed by atoms with Crippen LogP contribution >= 0.6 is 0 Å². The quantitative estimate of drug-likeness (QED) is 0.879. The molecule has 1 N–H and O–H groups in total. The van der Waals surface area contributed by atoms with E-state index in [1.54, 1.807) is 24.3 Å². The highest BCUT2D eigenvalue weighted by atomic mass is 16.5. The largest absolute Gasteiger partial charge is 0.465 e. The molecule has 108 valence electrons. The highest BCUT2D eigenvalue weighted by Crippen LogP contribution is 2.20. The second kappa shape index (κ2) is 6.22. The summed E-state index contributed by atoms with van der Waals surface area (Å²) in [7, 11) is 1.29. The van der Waals surface area contributed by atoms with Gasteiger partial charge in [-0.15, -0.1) is 0 Å². The SMILES string of the molecule is COC(=O)c1ccccc1C(=O)Nc1cccc(C)c1C. The molecule has 0 heterocycles. The van der Waals surface area contributed by atoms with Gasteiger partial charge in [-0.1, -0.05) is 24.3 Å². The summed E-state index contributed by atoms with van der Waals surface area (Å²) in [6.45, 7) is 3.92. The van der Waals surface area contributed by atoms with Crippen LogP contribution in [-0.4, -0.2) is 19.0 Å². The number of carbonyl (C=O) groups is 2. The van der Waals surface area contributed by atoms with Gasteiger partial charge in [-0.25, -0.2) is 4.79 Å². The van der Waals surface area contributed by atoms with Gasteiger partial charge in [-0.05, 0) is 43.2 Å². The molecule has 0 radical (unpaired) electrons. The zero-order valence-electron chi connectivity index (χ0n) is 12.3. The van der Waals surface area contributed by atoms with Crippen LogP contribution in [-0.2, 0) is 4.74 Å². The number of rotatable bonds is 3. The van der Waals surface area contributed by atoms with Crippen molar-refractivity contribution in [3.63, 3.8) is 0 Å². The fourth-order valence-electron chi connectivity index (χ4n) is 2.05. The van der Waals surface area contributed by atoms with Crippen LogP contribution in [0.15, 0.2) is 42.5 Å². The Hall–Kier alpha value is -2.62. The van der Waals surface area contributed by atoms with Crippen molar-refractivity contribution in [2.75, 3.05) is 12.4 Å². The van der Waals surface area contributed by atoms with Gasteiger partial charge in [0, 0.05) is 5.69 Å². The van der Waals surface area contributed by atoms with Gasteiger partial charge in [-0.2, -0.15) is 0 Å². The van der Waals surface area contributed by atoms with Crippen LogP contribution in [0.5, 0.6) is 0 Å². The number of hydrogen-bond donors (Lipinski definition) is 1. The number of benzene rings is 2. The van der Waals surface area contributed by atoms with Crippen LogP contribution in [0.2, 0.25) is 0 Å². The van der Waals surface area contributed by atoms with Gasteiger partial charge in [0.25, 0.3) is 5.91 Å². The molecule has 4 nitrogen and oxygen atoms in total. The van der Waals surface area contributed by atoms with E-state index in [2.05, 4.69) is 5.32 Å². The Morgan fingerprint density at radius 1 is 0.952 bits per heavy atom. The second-order valence-corrected chi connectivity index (χ2v) is 4.74. The summed E-state index contributed by atoms with van der Waals surface area (Å²) in [6, 6.07) is 12.3. The van der Waals surface area contributed by atoms with E-state index in [-0.39, 0.29) is 11.5 Å². The average molecular weight is 283 g/mol. The minimum absolute atomic E-state index is 0.253. The molecule has 0 atom stereocenters. The minimum atomic E-state index is -0.526. The third-order valence-corrected chi connectivity index (χ3v) is 3.43. The second-order valence-electron chi connectivity index (χ2n) is 4.74. The number of hydrogen-bond acceptors (Lipinski definition) is 3. The summed E-state index contributed by atoms with van der Waals surface area (Å²) in [6.07, 6.45) is 0. The van der Waals surface area contributed by atoms with Gasteiger partial charge in [0.2, 0.25) is 0 Å². The van der Waals surface area contributed by atoms with E-state index in [4.69, 9.17) is 4.74 Å². The van der Waals surface area contributed by atoms with E-state index < -0.39 is 5.97 Å². The molecule has 0 saturated heterocycles. The number of ether oxygens (including phenoxy) is 1. The predicted molar refractivity (Wildman–Crippen MR) is 81.7 cm³/mol. The molecule has 0 bridgehead atoms. The summed E-state index contributed by atoms with van der Waals surface area (Å²) < 4.78 is 4.70. The topological polar surface area (TPSA) is 55.4 Å². The first-order valence-corrected chi connectivity index (χ1v) is 6.59. The van der Waals surface area contributed by atoms with Crippen LogP contribution in [0.3, 0.4) is 0 Å². The zero-order chi connectivity index (χ0) is 15.4. The van der Waals surface area contributed by atoms with Gasteiger partial charge in [0.05, 0.1) is 18.2 Å². The average Bonchev–Trinajstić information content (AvgIpc) is 2.51. The third kappa shape index (κ3) is 3.11. The lowest BCUT2D eigenvalue weighted by Crippen LogP contribution is -2.17. The van der Waals surface area contributed by atoms with Crippen LogP contribution < -0.4 is 5.32 Å². The number of methoxy groups -OCH3 is 1. The fourth-order valence-corrected chi connectivity index (χ4v) is 2.05. The molecule has 2 aromatic carbocycles. The van der Waals surface area contributed by atoms with Crippen molar-refractivity contribution in [3.8, 4) is 0 Å². The first kappa shape index (κ1) is 14.8. The lowest BCUT2D eigenvalue weighted by molar-refractivity contribution is 0.0597. The minimum Gasteiger partial charge on any atom is -0.465 e. The predicted octanol–water partition coefficient (Wildman–Crippen LogP) is 3.34. The van der Waals surface area contributed by atoms with E-state index in [9.17, 15) is 9.59 Å². The van der Waals surface area contributed by atoms with E-state index in [0.29, 0.717) is 5.56 Å².